The van der Waals surface area contributed by atoms with Crippen LogP contribution in [0.2, 0.25) is 0 Å². The van der Waals surface area contributed by atoms with Gasteiger partial charge in [-0.2, -0.15) is 5.10 Å². The first-order valence-electron chi connectivity index (χ1n) is 12.1. The Hall–Kier alpha value is -3.97. The van der Waals surface area contributed by atoms with Crippen molar-refractivity contribution in [2.24, 2.45) is 0 Å². The summed E-state index contributed by atoms with van der Waals surface area (Å²) in [5, 5.41) is 9.31. The van der Waals surface area contributed by atoms with E-state index in [1.165, 1.54) is 11.8 Å². The molecule has 5 rings (SSSR count). The standard InChI is InChI=1S/C29H27N5OS/c1-3-23-25-27(34(33-23)22-18-12-7-13-19-22)31-26(20-14-8-5-9-15-20)32-29(25)36-24(4-2)28(35)30-21-16-10-6-11-17-21/h5-19,24H,3-4H2,1-2H3,(H,30,35). The van der Waals surface area contributed by atoms with Gasteiger partial charge in [-0.15, -0.1) is 0 Å². The Morgan fingerprint density at radius 3 is 2.17 bits per heavy atom. The molecule has 0 saturated heterocycles. The van der Waals surface area contributed by atoms with Gasteiger partial charge in [-0.05, 0) is 37.1 Å². The molecule has 0 aliphatic carbocycles. The SMILES string of the molecule is CCc1nn(-c2ccccc2)c2nc(-c3ccccc3)nc(SC(CC)C(=O)Nc3ccccc3)c12. The number of anilines is 1. The molecule has 7 heteroatoms. The van der Waals surface area contributed by atoms with Crippen LogP contribution in [0.3, 0.4) is 0 Å². The van der Waals surface area contributed by atoms with E-state index in [9.17, 15) is 4.79 Å². The third-order valence-corrected chi connectivity index (χ3v) is 7.24. The van der Waals surface area contributed by atoms with E-state index < -0.39 is 0 Å². The molecule has 180 valence electrons. The number of nitrogens with one attached hydrogen (secondary N) is 1. The second-order valence-electron chi connectivity index (χ2n) is 8.33. The van der Waals surface area contributed by atoms with Crippen molar-refractivity contribution in [2.45, 2.75) is 37.0 Å². The van der Waals surface area contributed by atoms with E-state index in [0.717, 1.165) is 45.1 Å². The Morgan fingerprint density at radius 2 is 1.53 bits per heavy atom. The summed E-state index contributed by atoms with van der Waals surface area (Å²) in [6.07, 6.45) is 1.38. The molecule has 2 heterocycles. The molecule has 0 aliphatic rings. The van der Waals surface area contributed by atoms with Crippen LogP contribution in [0.5, 0.6) is 0 Å². The first-order chi connectivity index (χ1) is 17.7. The Labute approximate surface area is 214 Å². The van der Waals surface area contributed by atoms with E-state index in [-0.39, 0.29) is 11.2 Å². The van der Waals surface area contributed by atoms with Gasteiger partial charge in [0.1, 0.15) is 5.03 Å². The lowest BCUT2D eigenvalue weighted by molar-refractivity contribution is -0.115. The number of carbonyl (C=O) groups is 1. The van der Waals surface area contributed by atoms with E-state index in [0.29, 0.717) is 12.2 Å². The molecule has 1 unspecified atom stereocenters. The first-order valence-corrected chi connectivity index (χ1v) is 13.0. The zero-order chi connectivity index (χ0) is 24.9. The van der Waals surface area contributed by atoms with Crippen LogP contribution in [0.1, 0.15) is 26.0 Å². The minimum atomic E-state index is -0.322. The highest BCUT2D eigenvalue weighted by atomic mass is 32.2. The lowest BCUT2D eigenvalue weighted by Crippen LogP contribution is -2.24. The van der Waals surface area contributed by atoms with Crippen LogP contribution in [-0.4, -0.2) is 30.9 Å². The number of fused-ring (bicyclic) bond motifs is 1. The molecular formula is C29H27N5OS. The highest BCUT2D eigenvalue weighted by Crippen LogP contribution is 2.35. The van der Waals surface area contributed by atoms with Gasteiger partial charge in [0.05, 0.1) is 22.0 Å². The summed E-state index contributed by atoms with van der Waals surface area (Å²) in [7, 11) is 0. The Kier molecular flexibility index (Phi) is 7.09. The highest BCUT2D eigenvalue weighted by Gasteiger charge is 2.25. The predicted octanol–water partition coefficient (Wildman–Crippen LogP) is 6.55. The van der Waals surface area contributed by atoms with Gasteiger partial charge in [0.25, 0.3) is 0 Å². The summed E-state index contributed by atoms with van der Waals surface area (Å²) >= 11 is 1.48. The quantitative estimate of drug-likeness (QED) is 0.196. The van der Waals surface area contributed by atoms with Gasteiger partial charge < -0.3 is 5.32 Å². The fraction of sp³-hybridized carbons (Fsp3) is 0.172. The van der Waals surface area contributed by atoms with Gasteiger partial charge in [0, 0.05) is 11.3 Å². The van der Waals surface area contributed by atoms with Crippen molar-refractivity contribution < 1.29 is 4.79 Å². The maximum Gasteiger partial charge on any atom is 0.237 e. The summed E-state index contributed by atoms with van der Waals surface area (Å²) in [4.78, 5) is 23.2. The molecule has 0 aliphatic heterocycles. The van der Waals surface area contributed by atoms with Crippen molar-refractivity contribution in [1.82, 2.24) is 19.7 Å². The fourth-order valence-corrected chi connectivity index (χ4v) is 5.12. The molecule has 36 heavy (non-hydrogen) atoms. The lowest BCUT2D eigenvalue weighted by atomic mass is 10.2. The van der Waals surface area contributed by atoms with Gasteiger partial charge in [-0.3, -0.25) is 4.79 Å². The van der Waals surface area contributed by atoms with Crippen molar-refractivity contribution in [3.63, 3.8) is 0 Å². The molecule has 1 atom stereocenters. The Balaban J connectivity index is 1.63. The molecular weight excluding hydrogens is 466 g/mol. The summed E-state index contributed by atoms with van der Waals surface area (Å²) in [5.74, 6) is 0.568. The minimum absolute atomic E-state index is 0.0461. The van der Waals surface area contributed by atoms with Crippen LogP contribution >= 0.6 is 11.8 Å². The maximum absolute atomic E-state index is 13.2. The molecule has 1 N–H and O–H groups in total. The summed E-state index contributed by atoms with van der Waals surface area (Å²) in [6, 6.07) is 29.5. The van der Waals surface area contributed by atoms with Gasteiger partial charge in [-0.1, -0.05) is 92.3 Å². The number of nitrogens with zero attached hydrogens (tertiary/aromatic N) is 4. The number of aryl methyl sites for hydroxylation is 1. The zero-order valence-corrected chi connectivity index (χ0v) is 21.1. The molecule has 0 radical (unpaired) electrons. The predicted molar refractivity (Wildman–Crippen MR) is 146 cm³/mol. The third-order valence-electron chi connectivity index (χ3n) is 5.89. The van der Waals surface area contributed by atoms with E-state index in [4.69, 9.17) is 15.1 Å². The van der Waals surface area contributed by atoms with Crippen molar-refractivity contribution >= 4 is 34.4 Å². The van der Waals surface area contributed by atoms with Gasteiger partial charge in [-0.25, -0.2) is 14.6 Å². The van der Waals surface area contributed by atoms with Crippen molar-refractivity contribution in [3.8, 4) is 17.1 Å². The number of aromatic nitrogens is 4. The molecule has 0 spiro atoms. The molecule has 1 amide bonds. The van der Waals surface area contributed by atoms with Crippen LogP contribution in [0.4, 0.5) is 5.69 Å². The summed E-state index contributed by atoms with van der Waals surface area (Å²) in [5.41, 5.74) is 4.29. The number of hydrogen-bond acceptors (Lipinski definition) is 5. The topological polar surface area (TPSA) is 72.7 Å². The number of rotatable bonds is 8. The summed E-state index contributed by atoms with van der Waals surface area (Å²) in [6.45, 7) is 4.10. The number of hydrogen-bond donors (Lipinski definition) is 1. The molecule has 0 saturated carbocycles. The second-order valence-corrected chi connectivity index (χ2v) is 9.53. The van der Waals surface area contributed by atoms with Gasteiger partial charge in [0.2, 0.25) is 5.91 Å². The molecule has 3 aromatic carbocycles. The normalized spacial score (nSPS) is 11.9. The van der Waals surface area contributed by atoms with Crippen LogP contribution in [0.15, 0.2) is 96.0 Å². The van der Waals surface area contributed by atoms with Crippen molar-refractivity contribution in [3.05, 3.63) is 96.7 Å². The smallest absolute Gasteiger partial charge is 0.237 e. The van der Waals surface area contributed by atoms with Crippen LogP contribution in [-0.2, 0) is 11.2 Å². The monoisotopic (exact) mass is 493 g/mol. The van der Waals surface area contributed by atoms with Crippen LogP contribution in [0, 0.1) is 0 Å². The number of amides is 1. The van der Waals surface area contributed by atoms with E-state index in [1.54, 1.807) is 0 Å². The van der Waals surface area contributed by atoms with Crippen LogP contribution in [0.25, 0.3) is 28.1 Å². The highest BCUT2D eigenvalue weighted by molar-refractivity contribution is 8.00. The Morgan fingerprint density at radius 1 is 0.889 bits per heavy atom. The fourth-order valence-electron chi connectivity index (χ4n) is 4.05. The van der Waals surface area contributed by atoms with E-state index >= 15 is 0 Å². The number of carbonyl (C=O) groups excluding carboxylic acids is 1. The number of benzene rings is 3. The van der Waals surface area contributed by atoms with Crippen molar-refractivity contribution in [2.75, 3.05) is 5.32 Å². The average Bonchev–Trinajstić information content (AvgIpc) is 3.32. The van der Waals surface area contributed by atoms with Gasteiger partial charge in [0.15, 0.2) is 11.5 Å². The lowest BCUT2D eigenvalue weighted by Gasteiger charge is -2.16. The number of para-hydroxylation sites is 2. The largest absolute Gasteiger partial charge is 0.325 e. The van der Waals surface area contributed by atoms with E-state index in [1.807, 2.05) is 103 Å². The number of thioether (sulfide) groups is 1. The molecule has 0 fully saturated rings. The average molecular weight is 494 g/mol. The molecule has 6 nitrogen and oxygen atoms in total. The van der Waals surface area contributed by atoms with Crippen LogP contribution < -0.4 is 5.32 Å². The van der Waals surface area contributed by atoms with Gasteiger partial charge >= 0.3 is 0 Å². The molecule has 2 aromatic heterocycles. The minimum Gasteiger partial charge on any atom is -0.325 e. The molecule has 5 aromatic rings. The Bertz CT molecular complexity index is 1470. The first kappa shape index (κ1) is 23.8. The third kappa shape index (κ3) is 4.88. The van der Waals surface area contributed by atoms with E-state index in [2.05, 4.69) is 12.2 Å². The zero-order valence-electron chi connectivity index (χ0n) is 20.3. The van der Waals surface area contributed by atoms with Crippen molar-refractivity contribution in [1.29, 1.82) is 0 Å². The second kappa shape index (κ2) is 10.7. The maximum atomic E-state index is 13.2. The molecule has 0 bridgehead atoms. The summed E-state index contributed by atoms with van der Waals surface area (Å²) < 4.78 is 1.89.